The molecule has 1 aromatic heterocycles. The van der Waals surface area contributed by atoms with Gasteiger partial charge in [-0.25, -0.2) is 23.2 Å². The average molecular weight is 671 g/mol. The van der Waals surface area contributed by atoms with E-state index in [0.717, 1.165) is 57.7 Å². The highest BCUT2D eigenvalue weighted by atomic mass is 32.2. The second-order valence-electron chi connectivity index (χ2n) is 9.48. The highest BCUT2D eigenvalue weighted by Crippen LogP contribution is 2.32. The maximum Gasteiger partial charge on any atom is 0.416 e. The van der Waals surface area contributed by atoms with E-state index >= 15 is 0 Å². The van der Waals surface area contributed by atoms with Crippen LogP contribution in [0.25, 0.3) is 17.1 Å². The van der Waals surface area contributed by atoms with Crippen molar-refractivity contribution < 1.29 is 49.4 Å². The minimum absolute atomic E-state index is 0.0193. The van der Waals surface area contributed by atoms with Crippen LogP contribution in [0.15, 0.2) is 72.0 Å². The van der Waals surface area contributed by atoms with E-state index in [1.165, 1.54) is 30.6 Å². The number of ether oxygens (including phenoxy) is 1. The Hall–Kier alpha value is -4.84. The predicted molar refractivity (Wildman–Crippen MR) is 150 cm³/mol. The summed E-state index contributed by atoms with van der Waals surface area (Å²) in [5, 5.41) is 6.13. The maximum absolute atomic E-state index is 15.0. The molecule has 3 amide bonds. The molecule has 0 bridgehead atoms. The Kier molecular flexibility index (Phi) is 9.11. The number of hydrogen-bond acceptors (Lipinski definition) is 6. The van der Waals surface area contributed by atoms with Gasteiger partial charge in [-0.3, -0.25) is 9.69 Å². The number of nitrogens with zero attached hydrogens (tertiary/aromatic N) is 5. The fourth-order valence-electron chi connectivity index (χ4n) is 4.13. The predicted octanol–water partition coefficient (Wildman–Crippen LogP) is 6.98. The van der Waals surface area contributed by atoms with Gasteiger partial charge < -0.3 is 10.1 Å². The zero-order valence-corrected chi connectivity index (χ0v) is 23.7. The summed E-state index contributed by atoms with van der Waals surface area (Å²) < 4.78 is 111. The van der Waals surface area contributed by atoms with Crippen molar-refractivity contribution in [2.24, 2.45) is 4.99 Å². The summed E-state index contributed by atoms with van der Waals surface area (Å²) in [6.07, 6.45) is -7.92. The number of halogens is 8. The molecule has 0 saturated carbocycles. The van der Waals surface area contributed by atoms with Gasteiger partial charge in [-0.1, -0.05) is 30.0 Å². The van der Waals surface area contributed by atoms with Crippen LogP contribution in [0.1, 0.15) is 11.1 Å². The van der Waals surface area contributed by atoms with Gasteiger partial charge in [0.25, 0.3) is 0 Å². The van der Waals surface area contributed by atoms with Crippen LogP contribution in [0.5, 0.6) is 0 Å². The lowest BCUT2D eigenvalue weighted by molar-refractivity contribution is -0.176. The Labute approximate surface area is 257 Å². The molecule has 1 fully saturated rings. The number of urea groups is 1. The summed E-state index contributed by atoms with van der Waals surface area (Å²) in [4.78, 5) is 34.0. The Morgan fingerprint density at radius 1 is 1.00 bits per heavy atom. The van der Waals surface area contributed by atoms with Gasteiger partial charge in [0.15, 0.2) is 11.0 Å². The highest BCUT2D eigenvalue weighted by Gasteiger charge is 2.33. The monoisotopic (exact) mass is 670 g/mol. The smallest absolute Gasteiger partial charge is 0.367 e. The van der Waals surface area contributed by atoms with Crippen molar-refractivity contribution in [3.05, 3.63) is 89.8 Å². The van der Waals surface area contributed by atoms with E-state index in [9.17, 15) is 44.7 Å². The third-order valence-electron chi connectivity index (χ3n) is 6.20. The third-order valence-corrected chi connectivity index (χ3v) is 7.12. The first-order valence-electron chi connectivity index (χ1n) is 12.9. The number of thioether (sulfide) groups is 1. The van der Waals surface area contributed by atoms with E-state index in [-0.39, 0.29) is 44.9 Å². The number of rotatable bonds is 7. The summed E-state index contributed by atoms with van der Waals surface area (Å²) in [5.74, 6) is -2.54. The summed E-state index contributed by atoms with van der Waals surface area (Å²) in [5.41, 5.74) is -0.893. The zero-order valence-electron chi connectivity index (χ0n) is 22.9. The molecule has 1 aliphatic rings. The number of aromatic nitrogens is 3. The van der Waals surface area contributed by atoms with Crippen molar-refractivity contribution in [3.63, 3.8) is 0 Å². The summed E-state index contributed by atoms with van der Waals surface area (Å²) in [6, 6.07) is 9.53. The second-order valence-corrected chi connectivity index (χ2v) is 10.4. The molecule has 0 atom stereocenters. The molecule has 5 rings (SSSR count). The third kappa shape index (κ3) is 7.68. The number of aliphatic imine (C=N–C) groups is 1. The highest BCUT2D eigenvalue weighted by molar-refractivity contribution is 8.15. The molecule has 9 nitrogen and oxygen atoms in total. The number of benzene rings is 3. The lowest BCUT2D eigenvalue weighted by atomic mass is 10.1. The molecular weight excluding hydrogens is 652 g/mol. The lowest BCUT2D eigenvalue weighted by Crippen LogP contribution is -2.31. The molecular formula is C28H18F8N6O3S. The molecule has 0 aliphatic carbocycles. The Morgan fingerprint density at radius 3 is 2.41 bits per heavy atom. The van der Waals surface area contributed by atoms with Crippen molar-refractivity contribution in [2.75, 3.05) is 22.6 Å². The van der Waals surface area contributed by atoms with Crippen molar-refractivity contribution in [1.29, 1.82) is 0 Å². The molecule has 2 heterocycles. The normalized spacial score (nSPS) is 14.7. The standard InChI is InChI=1S/C28H18F8N6O3S/c29-18-6-3-16(11-45-13-27(31,32)33)22(9-18)42-23(43)12-46-26(42)39-25(44)38-21-8-7-19(10-20(21)30)41-14-37-24(40-41)15-1-4-17(5-2-15)28(34,35)36/h1-10,14H,11-13H2,(H,38,44). The van der Waals surface area contributed by atoms with E-state index in [0.29, 0.717) is 0 Å². The molecule has 3 aromatic carbocycles. The van der Waals surface area contributed by atoms with Crippen LogP contribution >= 0.6 is 11.8 Å². The fraction of sp³-hybridized carbons (Fsp3) is 0.179. The Balaban J connectivity index is 1.30. The van der Waals surface area contributed by atoms with Crippen molar-refractivity contribution >= 4 is 40.2 Å². The van der Waals surface area contributed by atoms with E-state index in [1.807, 2.05) is 0 Å². The second kappa shape index (κ2) is 12.9. The molecule has 1 aliphatic heterocycles. The van der Waals surface area contributed by atoms with Gasteiger partial charge in [0.05, 0.1) is 35.0 Å². The van der Waals surface area contributed by atoms with Crippen LogP contribution in [0.4, 0.5) is 51.3 Å². The van der Waals surface area contributed by atoms with Crippen LogP contribution in [0.3, 0.4) is 0 Å². The van der Waals surface area contributed by atoms with E-state index in [1.54, 1.807) is 0 Å². The minimum atomic E-state index is -4.62. The van der Waals surface area contributed by atoms with Crippen LogP contribution in [-0.2, 0) is 22.3 Å². The number of anilines is 2. The summed E-state index contributed by atoms with van der Waals surface area (Å²) in [6.45, 7) is -2.21. The number of carbonyl (C=O) groups excluding carboxylic acids is 2. The number of hydrogen-bond donors (Lipinski definition) is 1. The first-order chi connectivity index (χ1) is 21.7. The fourth-order valence-corrected chi connectivity index (χ4v) is 4.99. The number of amidine groups is 1. The Morgan fingerprint density at radius 2 is 1.74 bits per heavy atom. The van der Waals surface area contributed by atoms with Crippen molar-refractivity contribution in [1.82, 2.24) is 14.8 Å². The van der Waals surface area contributed by atoms with Crippen LogP contribution in [-0.4, -0.2) is 50.4 Å². The van der Waals surface area contributed by atoms with Gasteiger partial charge in [0, 0.05) is 17.2 Å². The quantitative estimate of drug-likeness (QED) is 0.213. The lowest BCUT2D eigenvalue weighted by Gasteiger charge is -2.20. The van der Waals surface area contributed by atoms with Crippen LogP contribution in [0.2, 0.25) is 0 Å². The molecule has 18 heteroatoms. The maximum atomic E-state index is 15.0. The SMILES string of the molecule is O=C(N=C1SCC(=O)N1c1cc(F)ccc1COCC(F)(F)F)Nc1ccc(-n2cnc(-c3ccc(C(F)(F)F)cc3)n2)cc1F. The van der Waals surface area contributed by atoms with Gasteiger partial charge in [-0.2, -0.15) is 31.3 Å². The number of alkyl halides is 6. The van der Waals surface area contributed by atoms with Crippen molar-refractivity contribution in [3.8, 4) is 17.1 Å². The molecule has 1 saturated heterocycles. The minimum Gasteiger partial charge on any atom is -0.367 e. The number of carbonyl (C=O) groups is 2. The van der Waals surface area contributed by atoms with Gasteiger partial charge in [0.1, 0.15) is 24.6 Å². The molecule has 0 unspecified atom stereocenters. The Bertz CT molecular complexity index is 1810. The molecule has 0 spiro atoms. The summed E-state index contributed by atoms with van der Waals surface area (Å²) in [7, 11) is 0. The average Bonchev–Trinajstić information content (AvgIpc) is 3.61. The zero-order chi connectivity index (χ0) is 33.2. The molecule has 1 N–H and O–H groups in total. The van der Waals surface area contributed by atoms with Gasteiger partial charge in [-0.15, -0.1) is 5.10 Å². The molecule has 4 aromatic rings. The van der Waals surface area contributed by atoms with Crippen LogP contribution in [0, 0.1) is 11.6 Å². The van der Waals surface area contributed by atoms with E-state index < -0.39 is 54.7 Å². The van der Waals surface area contributed by atoms with Gasteiger partial charge in [0.2, 0.25) is 5.91 Å². The van der Waals surface area contributed by atoms with Crippen LogP contribution < -0.4 is 10.2 Å². The number of nitrogens with one attached hydrogen (secondary N) is 1. The van der Waals surface area contributed by atoms with Crippen molar-refractivity contribution in [2.45, 2.75) is 19.0 Å². The molecule has 240 valence electrons. The van der Waals surface area contributed by atoms with Gasteiger partial charge in [-0.05, 0) is 36.4 Å². The van der Waals surface area contributed by atoms with E-state index in [2.05, 4.69) is 25.1 Å². The van der Waals surface area contributed by atoms with Gasteiger partial charge >= 0.3 is 18.4 Å². The first kappa shape index (κ1) is 32.6. The molecule has 46 heavy (non-hydrogen) atoms. The summed E-state index contributed by atoms with van der Waals surface area (Å²) >= 11 is 0.796. The molecule has 0 radical (unpaired) electrons. The first-order valence-corrected chi connectivity index (χ1v) is 13.8. The largest absolute Gasteiger partial charge is 0.416 e. The number of amides is 3. The topological polar surface area (TPSA) is 102 Å². The van der Waals surface area contributed by atoms with E-state index in [4.69, 9.17) is 0 Å².